The number of halogens is 1. The number of aryl methyl sites for hydroxylation is 1. The molecule has 106 valence electrons. The van der Waals surface area contributed by atoms with Crippen molar-refractivity contribution in [3.05, 3.63) is 29.1 Å². The summed E-state index contributed by atoms with van der Waals surface area (Å²) in [7, 11) is 0. The Kier molecular flexibility index (Phi) is 3.80. The number of hydrogen-bond acceptors (Lipinski definition) is 4. The summed E-state index contributed by atoms with van der Waals surface area (Å²) in [5.41, 5.74) is 0.650. The largest absolute Gasteiger partial charge is 0.395 e. The Balaban J connectivity index is 2.31. The third kappa shape index (κ3) is 2.39. The third-order valence-electron chi connectivity index (χ3n) is 2.95. The number of rotatable bonds is 4. The molecule has 0 spiro atoms. The molecular formula is C13H13FN2O4. The van der Waals surface area contributed by atoms with Gasteiger partial charge < -0.3 is 10.4 Å². The van der Waals surface area contributed by atoms with Gasteiger partial charge in [0.2, 0.25) is 5.91 Å². The van der Waals surface area contributed by atoms with E-state index in [-0.39, 0.29) is 30.9 Å². The van der Waals surface area contributed by atoms with E-state index in [1.165, 1.54) is 6.07 Å². The first kappa shape index (κ1) is 14.1. The second-order valence-electron chi connectivity index (χ2n) is 4.41. The van der Waals surface area contributed by atoms with Crippen LogP contribution in [0.15, 0.2) is 12.1 Å². The van der Waals surface area contributed by atoms with E-state index in [0.29, 0.717) is 5.56 Å². The number of nitrogens with zero attached hydrogens (tertiary/aromatic N) is 1. The Morgan fingerprint density at radius 2 is 2.10 bits per heavy atom. The molecule has 0 unspecified atom stereocenters. The molecule has 0 atom stereocenters. The van der Waals surface area contributed by atoms with E-state index >= 15 is 0 Å². The van der Waals surface area contributed by atoms with Crippen molar-refractivity contribution in [1.29, 1.82) is 0 Å². The summed E-state index contributed by atoms with van der Waals surface area (Å²) in [5.74, 6) is -2.78. The number of aliphatic hydroxyl groups is 1. The van der Waals surface area contributed by atoms with E-state index in [2.05, 4.69) is 5.32 Å². The van der Waals surface area contributed by atoms with Crippen LogP contribution < -0.4 is 10.2 Å². The summed E-state index contributed by atoms with van der Waals surface area (Å²) in [6.45, 7) is 1.06. The van der Waals surface area contributed by atoms with Gasteiger partial charge in [-0.15, -0.1) is 0 Å². The maximum Gasteiger partial charge on any atom is 0.299 e. The third-order valence-corrected chi connectivity index (χ3v) is 2.95. The van der Waals surface area contributed by atoms with E-state index in [1.54, 1.807) is 6.92 Å². The van der Waals surface area contributed by atoms with Crippen molar-refractivity contribution in [3.8, 4) is 0 Å². The zero-order valence-electron chi connectivity index (χ0n) is 10.8. The lowest BCUT2D eigenvalue weighted by atomic mass is 10.1. The van der Waals surface area contributed by atoms with Crippen LogP contribution in [0.2, 0.25) is 0 Å². The summed E-state index contributed by atoms with van der Waals surface area (Å²) >= 11 is 0. The van der Waals surface area contributed by atoms with Gasteiger partial charge >= 0.3 is 0 Å². The number of carbonyl (C=O) groups is 3. The predicted octanol–water partition coefficient (Wildman–Crippen LogP) is -0.228. The molecule has 2 N–H and O–H groups in total. The summed E-state index contributed by atoms with van der Waals surface area (Å²) in [5, 5.41) is 11.0. The Labute approximate surface area is 114 Å². The summed E-state index contributed by atoms with van der Waals surface area (Å²) < 4.78 is 13.3. The zero-order chi connectivity index (χ0) is 14.9. The number of ketones is 1. The summed E-state index contributed by atoms with van der Waals surface area (Å²) in [6.07, 6.45) is 0. The van der Waals surface area contributed by atoms with Crippen LogP contribution in [0.3, 0.4) is 0 Å². The molecule has 1 aliphatic rings. The predicted molar refractivity (Wildman–Crippen MR) is 67.9 cm³/mol. The Bertz CT molecular complexity index is 600. The molecule has 1 heterocycles. The van der Waals surface area contributed by atoms with E-state index in [4.69, 9.17) is 5.11 Å². The first-order chi connectivity index (χ1) is 9.45. The normalized spacial score (nSPS) is 13.7. The average Bonchev–Trinajstić information content (AvgIpc) is 2.62. The standard InChI is InChI=1S/C13H13FN2O4/c1-7-4-8(14)5-9-11(7)16(13(20)12(9)19)6-10(18)15-2-3-17/h4-5,17H,2-3,6H2,1H3,(H,15,18). The average molecular weight is 280 g/mol. The van der Waals surface area contributed by atoms with Crippen LogP contribution in [0.1, 0.15) is 15.9 Å². The minimum absolute atomic E-state index is 0.0255. The number of fused-ring (bicyclic) bond motifs is 1. The van der Waals surface area contributed by atoms with Gasteiger partial charge in [-0.05, 0) is 24.6 Å². The van der Waals surface area contributed by atoms with E-state index in [0.717, 1.165) is 11.0 Å². The number of carbonyl (C=O) groups excluding carboxylic acids is 3. The zero-order valence-corrected chi connectivity index (χ0v) is 10.8. The number of Topliss-reactive ketones (excluding diaryl/α,β-unsaturated/α-hetero) is 1. The van der Waals surface area contributed by atoms with Gasteiger partial charge in [-0.3, -0.25) is 19.3 Å². The Morgan fingerprint density at radius 1 is 1.40 bits per heavy atom. The fourth-order valence-corrected chi connectivity index (χ4v) is 2.15. The van der Waals surface area contributed by atoms with Crippen LogP contribution >= 0.6 is 0 Å². The molecule has 1 aromatic carbocycles. The van der Waals surface area contributed by atoms with Gasteiger partial charge in [0, 0.05) is 6.54 Å². The van der Waals surface area contributed by atoms with Gasteiger partial charge in [-0.25, -0.2) is 4.39 Å². The van der Waals surface area contributed by atoms with Gasteiger partial charge in [0.1, 0.15) is 12.4 Å². The quantitative estimate of drug-likeness (QED) is 0.746. The molecule has 20 heavy (non-hydrogen) atoms. The Morgan fingerprint density at radius 3 is 2.75 bits per heavy atom. The van der Waals surface area contributed by atoms with Crippen molar-refractivity contribution >= 4 is 23.3 Å². The lowest BCUT2D eigenvalue weighted by molar-refractivity contribution is -0.122. The summed E-state index contributed by atoms with van der Waals surface area (Å²) in [4.78, 5) is 36.3. The van der Waals surface area contributed by atoms with Crippen molar-refractivity contribution in [2.24, 2.45) is 0 Å². The van der Waals surface area contributed by atoms with Crippen molar-refractivity contribution in [2.45, 2.75) is 6.92 Å². The molecule has 0 aromatic heterocycles. The molecule has 1 aliphatic heterocycles. The molecule has 0 aliphatic carbocycles. The fraction of sp³-hybridized carbons (Fsp3) is 0.308. The van der Waals surface area contributed by atoms with Crippen LogP contribution in [0.25, 0.3) is 0 Å². The van der Waals surface area contributed by atoms with Gasteiger partial charge in [0.05, 0.1) is 17.9 Å². The van der Waals surface area contributed by atoms with Crippen LogP contribution in [-0.2, 0) is 9.59 Å². The number of nitrogens with one attached hydrogen (secondary N) is 1. The van der Waals surface area contributed by atoms with Crippen molar-refractivity contribution < 1.29 is 23.9 Å². The smallest absolute Gasteiger partial charge is 0.299 e. The number of aliphatic hydroxyl groups excluding tert-OH is 1. The minimum Gasteiger partial charge on any atom is -0.395 e. The van der Waals surface area contributed by atoms with Crippen molar-refractivity contribution in [2.75, 3.05) is 24.6 Å². The minimum atomic E-state index is -0.854. The van der Waals surface area contributed by atoms with Crippen molar-refractivity contribution in [1.82, 2.24) is 5.32 Å². The first-order valence-electron chi connectivity index (χ1n) is 5.99. The number of benzene rings is 1. The van der Waals surface area contributed by atoms with Gasteiger partial charge in [0.15, 0.2) is 0 Å². The van der Waals surface area contributed by atoms with Crippen LogP contribution in [0.4, 0.5) is 10.1 Å². The van der Waals surface area contributed by atoms with Gasteiger partial charge in [-0.2, -0.15) is 0 Å². The number of hydrogen-bond donors (Lipinski definition) is 2. The van der Waals surface area contributed by atoms with Crippen molar-refractivity contribution in [3.63, 3.8) is 0 Å². The van der Waals surface area contributed by atoms with E-state index in [9.17, 15) is 18.8 Å². The molecule has 7 heteroatoms. The Hall–Kier alpha value is -2.28. The van der Waals surface area contributed by atoms with Crippen LogP contribution in [0.5, 0.6) is 0 Å². The molecule has 0 saturated heterocycles. The van der Waals surface area contributed by atoms with E-state index in [1.807, 2.05) is 0 Å². The summed E-state index contributed by atoms with van der Waals surface area (Å²) in [6, 6.07) is 2.19. The molecule has 2 amide bonds. The number of anilines is 1. The molecule has 0 bridgehead atoms. The highest BCUT2D eigenvalue weighted by Crippen LogP contribution is 2.32. The lowest BCUT2D eigenvalue weighted by Gasteiger charge is -2.17. The highest BCUT2D eigenvalue weighted by molar-refractivity contribution is 6.52. The van der Waals surface area contributed by atoms with Gasteiger partial charge in [-0.1, -0.05) is 0 Å². The highest BCUT2D eigenvalue weighted by atomic mass is 19.1. The SMILES string of the molecule is Cc1cc(F)cc2c1N(CC(=O)NCCO)C(=O)C2=O. The first-order valence-corrected chi connectivity index (χ1v) is 5.99. The highest BCUT2D eigenvalue weighted by Gasteiger charge is 2.38. The van der Waals surface area contributed by atoms with Gasteiger partial charge in [0.25, 0.3) is 11.7 Å². The van der Waals surface area contributed by atoms with Crippen LogP contribution in [0, 0.1) is 12.7 Å². The maximum atomic E-state index is 13.3. The van der Waals surface area contributed by atoms with E-state index < -0.39 is 23.4 Å². The molecule has 6 nitrogen and oxygen atoms in total. The molecule has 1 aromatic rings. The molecule has 0 fully saturated rings. The number of amides is 2. The topological polar surface area (TPSA) is 86.7 Å². The second-order valence-corrected chi connectivity index (χ2v) is 4.41. The molecule has 0 radical (unpaired) electrons. The maximum absolute atomic E-state index is 13.3. The van der Waals surface area contributed by atoms with Crippen LogP contribution in [-0.4, -0.2) is 42.4 Å². The molecular weight excluding hydrogens is 267 g/mol. The monoisotopic (exact) mass is 280 g/mol. The molecule has 2 rings (SSSR count). The molecule has 0 saturated carbocycles. The lowest BCUT2D eigenvalue weighted by Crippen LogP contribution is -2.41. The fourth-order valence-electron chi connectivity index (χ4n) is 2.15. The second kappa shape index (κ2) is 5.38.